The first kappa shape index (κ1) is 17.5. The summed E-state index contributed by atoms with van der Waals surface area (Å²) in [5.74, 6) is 2.39. The van der Waals surface area contributed by atoms with Crippen LogP contribution in [0.4, 0.5) is 0 Å². The van der Waals surface area contributed by atoms with Crippen molar-refractivity contribution < 1.29 is 0 Å². The summed E-state index contributed by atoms with van der Waals surface area (Å²) >= 11 is 5.12. The lowest BCUT2D eigenvalue weighted by atomic mass is 10.0. The van der Waals surface area contributed by atoms with Crippen molar-refractivity contribution >= 4 is 34.9 Å². The molecular formula is C18H19N3S3. The number of benzene rings is 1. The monoisotopic (exact) mass is 373 g/mol. The number of thioether (sulfide) groups is 2. The van der Waals surface area contributed by atoms with Gasteiger partial charge in [-0.3, -0.25) is 4.98 Å². The van der Waals surface area contributed by atoms with E-state index < -0.39 is 0 Å². The van der Waals surface area contributed by atoms with Crippen molar-refractivity contribution in [2.24, 2.45) is 0 Å². The molecule has 0 N–H and O–H groups in total. The van der Waals surface area contributed by atoms with E-state index in [4.69, 9.17) is 0 Å². The van der Waals surface area contributed by atoms with E-state index in [2.05, 4.69) is 59.4 Å². The summed E-state index contributed by atoms with van der Waals surface area (Å²) in [6, 6.07) is 12.9. The lowest BCUT2D eigenvalue weighted by Crippen LogP contribution is -1.87. The second-order valence-corrected chi connectivity index (χ2v) is 9.09. The molecule has 3 rings (SSSR count). The third kappa shape index (κ3) is 5.06. The minimum Gasteiger partial charge on any atom is -0.264 e. The Morgan fingerprint density at radius 2 is 1.58 bits per heavy atom. The predicted octanol–water partition coefficient (Wildman–Crippen LogP) is 5.64. The normalized spacial score (nSPS) is 11.1. The first-order valence-corrected chi connectivity index (χ1v) is 10.6. The fraction of sp³-hybridized carbons (Fsp3) is 0.278. The first-order chi connectivity index (χ1) is 11.7. The number of hydrogen-bond acceptors (Lipinski definition) is 6. The third-order valence-corrected chi connectivity index (χ3v) is 6.81. The zero-order chi connectivity index (χ0) is 16.8. The van der Waals surface area contributed by atoms with Crippen LogP contribution in [-0.2, 0) is 11.5 Å². The molecule has 0 aliphatic heterocycles. The van der Waals surface area contributed by atoms with E-state index in [1.54, 1.807) is 41.1 Å². The smallest absolute Gasteiger partial charge is 0.175 e. The van der Waals surface area contributed by atoms with E-state index in [0.29, 0.717) is 5.92 Å². The topological polar surface area (TPSA) is 38.7 Å². The average Bonchev–Trinajstić information content (AvgIpc) is 3.07. The summed E-state index contributed by atoms with van der Waals surface area (Å²) in [6.45, 7) is 4.44. The van der Waals surface area contributed by atoms with Crippen molar-refractivity contribution in [3.63, 3.8) is 0 Å². The van der Waals surface area contributed by atoms with E-state index >= 15 is 0 Å². The Kier molecular flexibility index (Phi) is 6.29. The van der Waals surface area contributed by atoms with E-state index in [-0.39, 0.29) is 0 Å². The number of rotatable bonds is 7. The molecule has 0 fully saturated rings. The van der Waals surface area contributed by atoms with Gasteiger partial charge in [-0.2, -0.15) is 0 Å². The van der Waals surface area contributed by atoms with Crippen molar-refractivity contribution in [3.05, 3.63) is 65.5 Å². The Labute approximate surface area is 155 Å². The number of hydrogen-bond donors (Lipinski definition) is 0. The van der Waals surface area contributed by atoms with Gasteiger partial charge in [-0.05, 0) is 28.7 Å². The molecule has 124 valence electrons. The van der Waals surface area contributed by atoms with Crippen molar-refractivity contribution in [3.8, 4) is 0 Å². The largest absolute Gasteiger partial charge is 0.264 e. The highest BCUT2D eigenvalue weighted by molar-refractivity contribution is 8.02. The predicted molar refractivity (Wildman–Crippen MR) is 104 cm³/mol. The highest BCUT2D eigenvalue weighted by Crippen LogP contribution is 2.32. The van der Waals surface area contributed by atoms with Gasteiger partial charge in [0.25, 0.3) is 0 Å². The summed E-state index contributed by atoms with van der Waals surface area (Å²) in [7, 11) is 0. The van der Waals surface area contributed by atoms with Crippen LogP contribution in [0.5, 0.6) is 0 Å². The van der Waals surface area contributed by atoms with Crippen LogP contribution in [0.3, 0.4) is 0 Å². The van der Waals surface area contributed by atoms with Crippen molar-refractivity contribution in [1.29, 1.82) is 0 Å². The Hall–Kier alpha value is -1.37. The molecule has 6 heteroatoms. The first-order valence-electron chi connectivity index (χ1n) is 7.77. The molecule has 3 nitrogen and oxygen atoms in total. The van der Waals surface area contributed by atoms with Gasteiger partial charge in [0.15, 0.2) is 8.68 Å². The van der Waals surface area contributed by atoms with Crippen LogP contribution in [0, 0.1) is 0 Å². The van der Waals surface area contributed by atoms with Crippen molar-refractivity contribution in [2.75, 3.05) is 0 Å². The van der Waals surface area contributed by atoms with Gasteiger partial charge in [-0.15, -0.1) is 10.2 Å². The van der Waals surface area contributed by atoms with Gasteiger partial charge in [-0.1, -0.05) is 79.0 Å². The molecule has 0 spiro atoms. The van der Waals surface area contributed by atoms with Crippen LogP contribution in [-0.4, -0.2) is 15.2 Å². The maximum absolute atomic E-state index is 4.28. The minimum absolute atomic E-state index is 0.578. The molecular weight excluding hydrogens is 354 g/mol. The van der Waals surface area contributed by atoms with Crippen LogP contribution in [0.15, 0.2) is 57.5 Å². The van der Waals surface area contributed by atoms with Gasteiger partial charge < -0.3 is 0 Å². The zero-order valence-electron chi connectivity index (χ0n) is 13.7. The molecule has 1 aromatic carbocycles. The number of pyridine rings is 1. The fourth-order valence-electron chi connectivity index (χ4n) is 2.09. The van der Waals surface area contributed by atoms with Gasteiger partial charge >= 0.3 is 0 Å². The van der Waals surface area contributed by atoms with Gasteiger partial charge in [0.1, 0.15) is 0 Å². The summed E-state index contributed by atoms with van der Waals surface area (Å²) in [4.78, 5) is 4.13. The SMILES string of the molecule is CC(C)c1ccc(CSc2nnc(SCc3cccnc3)s2)cc1. The second kappa shape index (κ2) is 8.65. The van der Waals surface area contributed by atoms with E-state index in [9.17, 15) is 0 Å². The molecule has 3 aromatic rings. The fourth-order valence-corrected chi connectivity index (χ4v) is 5.00. The molecule has 0 radical (unpaired) electrons. The molecule has 24 heavy (non-hydrogen) atoms. The van der Waals surface area contributed by atoms with E-state index in [1.165, 1.54) is 16.7 Å². The minimum atomic E-state index is 0.578. The molecule has 0 saturated carbocycles. The average molecular weight is 374 g/mol. The Morgan fingerprint density at radius 1 is 0.917 bits per heavy atom. The van der Waals surface area contributed by atoms with Crippen molar-refractivity contribution in [2.45, 2.75) is 40.0 Å². The highest BCUT2D eigenvalue weighted by atomic mass is 32.2. The molecule has 2 heterocycles. The molecule has 0 amide bonds. The van der Waals surface area contributed by atoms with E-state index in [0.717, 1.165) is 20.2 Å². The summed E-state index contributed by atoms with van der Waals surface area (Å²) in [5.41, 5.74) is 3.91. The standard InChI is InChI=1S/C18H19N3S3/c1-13(2)16-7-5-14(6-8-16)11-22-17-20-21-18(24-17)23-12-15-4-3-9-19-10-15/h3-10,13H,11-12H2,1-2H3. The van der Waals surface area contributed by atoms with Gasteiger partial charge in [-0.25, -0.2) is 0 Å². The highest BCUT2D eigenvalue weighted by Gasteiger charge is 2.07. The van der Waals surface area contributed by atoms with Crippen molar-refractivity contribution in [1.82, 2.24) is 15.2 Å². The van der Waals surface area contributed by atoms with Crippen LogP contribution in [0.1, 0.15) is 36.5 Å². The molecule has 0 unspecified atom stereocenters. The van der Waals surface area contributed by atoms with E-state index in [1.807, 2.05) is 12.3 Å². The number of aromatic nitrogens is 3. The Bertz CT molecular complexity index is 755. The summed E-state index contributed by atoms with van der Waals surface area (Å²) in [6.07, 6.45) is 3.69. The maximum Gasteiger partial charge on any atom is 0.175 e. The van der Waals surface area contributed by atoms with Crippen LogP contribution >= 0.6 is 34.9 Å². The Balaban J connectivity index is 1.50. The van der Waals surface area contributed by atoms with Crippen LogP contribution in [0.2, 0.25) is 0 Å². The molecule has 0 aliphatic rings. The lowest BCUT2D eigenvalue weighted by molar-refractivity contribution is 0.866. The molecule has 0 saturated heterocycles. The maximum atomic E-state index is 4.28. The summed E-state index contributed by atoms with van der Waals surface area (Å²) in [5, 5.41) is 8.56. The molecule has 0 aliphatic carbocycles. The Morgan fingerprint density at radius 3 is 2.17 bits per heavy atom. The molecule has 0 atom stereocenters. The van der Waals surface area contributed by atoms with Gasteiger partial charge in [0.2, 0.25) is 0 Å². The molecule has 2 aromatic heterocycles. The number of nitrogens with zero attached hydrogens (tertiary/aromatic N) is 3. The zero-order valence-corrected chi connectivity index (χ0v) is 16.1. The molecule has 0 bridgehead atoms. The third-order valence-electron chi connectivity index (χ3n) is 3.48. The van der Waals surface area contributed by atoms with Crippen LogP contribution in [0.25, 0.3) is 0 Å². The lowest BCUT2D eigenvalue weighted by Gasteiger charge is -2.05. The summed E-state index contributed by atoms with van der Waals surface area (Å²) < 4.78 is 2.04. The second-order valence-electron chi connectivity index (χ2n) is 5.67. The van der Waals surface area contributed by atoms with Gasteiger partial charge in [0.05, 0.1) is 0 Å². The quantitative estimate of drug-likeness (QED) is 0.501. The van der Waals surface area contributed by atoms with Gasteiger partial charge in [0, 0.05) is 23.9 Å². The van der Waals surface area contributed by atoms with Crippen LogP contribution < -0.4 is 0 Å².